The van der Waals surface area contributed by atoms with Gasteiger partial charge < -0.3 is 0 Å². The van der Waals surface area contributed by atoms with E-state index in [1.807, 2.05) is 36.4 Å². The van der Waals surface area contributed by atoms with E-state index < -0.39 is 5.82 Å². The van der Waals surface area contributed by atoms with Gasteiger partial charge in [-0.15, -0.1) is 0 Å². The predicted molar refractivity (Wildman–Crippen MR) is 68.3 cm³/mol. The van der Waals surface area contributed by atoms with Gasteiger partial charge in [0.1, 0.15) is 5.82 Å². The largest absolute Gasteiger partial charge is 0.207 e. The van der Waals surface area contributed by atoms with Crippen molar-refractivity contribution < 1.29 is 4.39 Å². The van der Waals surface area contributed by atoms with Crippen LogP contribution in [-0.2, 0) is 0 Å². The summed E-state index contributed by atoms with van der Waals surface area (Å²) < 4.78 is 13.0. The fourth-order valence-electron chi connectivity index (χ4n) is 1.65. The van der Waals surface area contributed by atoms with Crippen molar-refractivity contribution in [3.05, 3.63) is 71.0 Å². The molecular formula is C14H9BrFN. The summed E-state index contributed by atoms with van der Waals surface area (Å²) in [6.07, 6.45) is 0. The van der Waals surface area contributed by atoms with E-state index in [2.05, 4.69) is 15.9 Å². The van der Waals surface area contributed by atoms with Crippen molar-refractivity contribution in [3.8, 4) is 6.07 Å². The van der Waals surface area contributed by atoms with Crippen LogP contribution in [0.1, 0.15) is 21.5 Å². The first kappa shape index (κ1) is 11.8. The number of rotatable bonds is 2. The molecule has 1 unspecified atom stereocenters. The third-order valence-corrected chi connectivity index (χ3v) is 3.52. The van der Waals surface area contributed by atoms with Crippen LogP contribution in [0.2, 0.25) is 0 Å². The summed E-state index contributed by atoms with van der Waals surface area (Å²) in [5.41, 5.74) is 2.17. The maximum absolute atomic E-state index is 13.0. The van der Waals surface area contributed by atoms with Crippen molar-refractivity contribution in [1.29, 1.82) is 5.26 Å². The van der Waals surface area contributed by atoms with Crippen molar-refractivity contribution in [2.75, 3.05) is 0 Å². The number of nitrogens with zero attached hydrogens (tertiary/aromatic N) is 1. The molecule has 17 heavy (non-hydrogen) atoms. The molecule has 0 spiro atoms. The first-order chi connectivity index (χ1) is 8.22. The third-order valence-electron chi connectivity index (χ3n) is 2.50. The SMILES string of the molecule is N#Cc1cc(F)ccc1C(Br)c1ccccc1. The molecular weight excluding hydrogens is 281 g/mol. The smallest absolute Gasteiger partial charge is 0.124 e. The molecule has 84 valence electrons. The van der Waals surface area contributed by atoms with Crippen LogP contribution in [0.3, 0.4) is 0 Å². The average Bonchev–Trinajstić information content (AvgIpc) is 2.39. The summed E-state index contributed by atoms with van der Waals surface area (Å²) >= 11 is 3.54. The van der Waals surface area contributed by atoms with Gasteiger partial charge >= 0.3 is 0 Å². The Bertz CT molecular complexity index is 560. The van der Waals surface area contributed by atoms with Gasteiger partial charge in [-0.05, 0) is 23.3 Å². The molecule has 2 rings (SSSR count). The highest BCUT2D eigenvalue weighted by Gasteiger charge is 2.14. The lowest BCUT2D eigenvalue weighted by molar-refractivity contribution is 0.626. The second kappa shape index (κ2) is 5.11. The van der Waals surface area contributed by atoms with E-state index in [0.717, 1.165) is 11.1 Å². The van der Waals surface area contributed by atoms with Gasteiger partial charge in [0.2, 0.25) is 0 Å². The van der Waals surface area contributed by atoms with E-state index in [-0.39, 0.29) is 4.83 Å². The Morgan fingerprint density at radius 3 is 2.47 bits per heavy atom. The van der Waals surface area contributed by atoms with E-state index in [1.165, 1.54) is 12.1 Å². The Morgan fingerprint density at radius 2 is 1.82 bits per heavy atom. The third kappa shape index (κ3) is 2.54. The maximum Gasteiger partial charge on any atom is 0.124 e. The fraction of sp³-hybridized carbons (Fsp3) is 0.0714. The van der Waals surface area contributed by atoms with Crippen molar-refractivity contribution in [2.24, 2.45) is 0 Å². The van der Waals surface area contributed by atoms with Gasteiger partial charge in [0.25, 0.3) is 0 Å². The number of hydrogen-bond donors (Lipinski definition) is 0. The number of benzene rings is 2. The van der Waals surface area contributed by atoms with Crippen LogP contribution >= 0.6 is 15.9 Å². The zero-order valence-corrected chi connectivity index (χ0v) is 10.5. The van der Waals surface area contributed by atoms with Crippen LogP contribution in [0.4, 0.5) is 4.39 Å². The van der Waals surface area contributed by atoms with Crippen LogP contribution < -0.4 is 0 Å². The lowest BCUT2D eigenvalue weighted by Crippen LogP contribution is -1.96. The fourth-order valence-corrected chi connectivity index (χ4v) is 2.35. The standard InChI is InChI=1S/C14H9BrFN/c15-14(10-4-2-1-3-5-10)13-7-6-12(16)8-11(13)9-17/h1-8,14H. The predicted octanol–water partition coefficient (Wildman–Crippen LogP) is 4.18. The van der Waals surface area contributed by atoms with Crippen molar-refractivity contribution >= 4 is 15.9 Å². The minimum absolute atomic E-state index is 0.0982. The van der Waals surface area contributed by atoms with Crippen molar-refractivity contribution in [1.82, 2.24) is 0 Å². The zero-order chi connectivity index (χ0) is 12.3. The van der Waals surface area contributed by atoms with Gasteiger partial charge in [-0.1, -0.05) is 52.3 Å². The van der Waals surface area contributed by atoms with Crippen LogP contribution in [0.5, 0.6) is 0 Å². The van der Waals surface area contributed by atoms with E-state index >= 15 is 0 Å². The molecule has 0 bridgehead atoms. The second-order valence-electron chi connectivity index (χ2n) is 3.62. The molecule has 0 aromatic heterocycles. The van der Waals surface area contributed by atoms with Gasteiger partial charge in [-0.2, -0.15) is 5.26 Å². The molecule has 0 fully saturated rings. The molecule has 0 aliphatic carbocycles. The summed E-state index contributed by atoms with van der Waals surface area (Å²) in [5.74, 6) is -0.391. The molecule has 0 amide bonds. The molecule has 3 heteroatoms. The normalized spacial score (nSPS) is 11.8. The summed E-state index contributed by atoms with van der Waals surface area (Å²) in [4.78, 5) is -0.0982. The average molecular weight is 290 g/mol. The Labute approximate surface area is 108 Å². The molecule has 1 atom stereocenters. The number of halogens is 2. The van der Waals surface area contributed by atoms with E-state index in [1.54, 1.807) is 6.07 Å². The summed E-state index contributed by atoms with van der Waals surface area (Å²) in [6.45, 7) is 0. The van der Waals surface area contributed by atoms with Gasteiger partial charge in [0.15, 0.2) is 0 Å². The van der Waals surface area contributed by atoms with Gasteiger partial charge in [0, 0.05) is 0 Å². The van der Waals surface area contributed by atoms with E-state index in [4.69, 9.17) is 5.26 Å². The molecule has 2 aromatic carbocycles. The minimum Gasteiger partial charge on any atom is -0.207 e. The van der Waals surface area contributed by atoms with Crippen molar-refractivity contribution in [2.45, 2.75) is 4.83 Å². The summed E-state index contributed by atoms with van der Waals surface area (Å²) in [7, 11) is 0. The minimum atomic E-state index is -0.391. The van der Waals surface area contributed by atoms with E-state index in [0.29, 0.717) is 5.56 Å². The molecule has 0 aliphatic rings. The first-order valence-electron chi connectivity index (χ1n) is 5.11. The Hall–Kier alpha value is -1.66. The molecule has 0 saturated carbocycles. The summed E-state index contributed by atoms with van der Waals surface area (Å²) in [6, 6.07) is 16.0. The van der Waals surface area contributed by atoms with Crippen LogP contribution in [0, 0.1) is 17.1 Å². The molecule has 1 nitrogen and oxygen atoms in total. The number of hydrogen-bond acceptors (Lipinski definition) is 1. The lowest BCUT2D eigenvalue weighted by Gasteiger charge is -2.12. The van der Waals surface area contributed by atoms with Crippen molar-refractivity contribution in [3.63, 3.8) is 0 Å². The highest BCUT2D eigenvalue weighted by Crippen LogP contribution is 2.32. The molecule has 0 aliphatic heterocycles. The quantitative estimate of drug-likeness (QED) is 0.761. The summed E-state index contributed by atoms with van der Waals surface area (Å²) in [5, 5.41) is 9.00. The monoisotopic (exact) mass is 289 g/mol. The lowest BCUT2D eigenvalue weighted by atomic mass is 10.0. The molecule has 0 heterocycles. The molecule has 0 saturated heterocycles. The molecule has 0 radical (unpaired) electrons. The molecule has 0 N–H and O–H groups in total. The number of nitriles is 1. The molecule has 2 aromatic rings. The highest BCUT2D eigenvalue weighted by molar-refractivity contribution is 9.09. The maximum atomic E-state index is 13.0. The number of alkyl halides is 1. The topological polar surface area (TPSA) is 23.8 Å². The van der Waals surface area contributed by atoms with Crippen LogP contribution in [0.25, 0.3) is 0 Å². The van der Waals surface area contributed by atoms with Gasteiger partial charge in [0.05, 0.1) is 16.5 Å². The van der Waals surface area contributed by atoms with Gasteiger partial charge in [-0.25, -0.2) is 4.39 Å². The van der Waals surface area contributed by atoms with Gasteiger partial charge in [-0.3, -0.25) is 0 Å². The van der Waals surface area contributed by atoms with E-state index in [9.17, 15) is 4.39 Å². The zero-order valence-electron chi connectivity index (χ0n) is 8.90. The second-order valence-corrected chi connectivity index (χ2v) is 4.53. The Balaban J connectivity index is 2.45. The Kier molecular flexibility index (Phi) is 3.55. The highest BCUT2D eigenvalue weighted by atomic mass is 79.9. The Morgan fingerprint density at radius 1 is 1.12 bits per heavy atom. The van der Waals surface area contributed by atoms with Crippen LogP contribution in [-0.4, -0.2) is 0 Å². The first-order valence-corrected chi connectivity index (χ1v) is 6.02. The van der Waals surface area contributed by atoms with Crippen LogP contribution in [0.15, 0.2) is 48.5 Å².